The maximum Gasteiger partial charge on any atom is 0.301 e. The summed E-state index contributed by atoms with van der Waals surface area (Å²) in [4.78, 5) is 35.6. The molecular weight excluding hydrogens is 538 g/mol. The summed E-state index contributed by atoms with van der Waals surface area (Å²) in [5.74, 6) is 0.0816. The highest BCUT2D eigenvalue weighted by atomic mass is 31.1. The Labute approximate surface area is 223 Å². The van der Waals surface area contributed by atoms with Gasteiger partial charge >= 0.3 is 8.25 Å². The summed E-state index contributed by atoms with van der Waals surface area (Å²) in [5, 5.41) is 5.71. The monoisotopic (exact) mass is 564 g/mol. The third kappa shape index (κ3) is 5.95. The van der Waals surface area contributed by atoms with Gasteiger partial charge in [0.1, 0.15) is 5.82 Å². The Balaban J connectivity index is 1.62. The summed E-state index contributed by atoms with van der Waals surface area (Å²) < 4.78 is 51.0. The van der Waals surface area contributed by atoms with Gasteiger partial charge in [-0.15, -0.1) is 0 Å². The Morgan fingerprint density at radius 3 is 2.44 bits per heavy atom. The van der Waals surface area contributed by atoms with Crippen LogP contribution < -0.4 is 34.5 Å². The lowest BCUT2D eigenvalue weighted by Gasteiger charge is -2.36. The van der Waals surface area contributed by atoms with E-state index in [-0.39, 0.29) is 29.2 Å². The Bertz CT molecular complexity index is 1400. The number of carbonyl (C=O) groups is 1. The van der Waals surface area contributed by atoms with Crippen molar-refractivity contribution in [3.05, 3.63) is 36.3 Å². The summed E-state index contributed by atoms with van der Waals surface area (Å²) in [6, 6.07) is 6.29. The number of hydrogen-bond donors (Lipinski definition) is 3. The molecule has 1 atom stereocenters. The van der Waals surface area contributed by atoms with Gasteiger partial charge in [0, 0.05) is 17.8 Å². The number of nitrogens with one attached hydrogen (secondary N) is 2. The highest BCUT2D eigenvalue weighted by Gasteiger charge is 2.43. The SMILES string of the molecule is COc1cc(Nc2ncc(F)c(Nc3ccc4c(n3)N(C[OH+][P-](=O)O)C(=O)C(C)(C)O4)n2)cc(OC)c1OC. The molecule has 1 aliphatic heterocycles. The molecule has 0 radical (unpaired) electrons. The van der Waals surface area contributed by atoms with Crippen LogP contribution in [0.5, 0.6) is 23.0 Å². The fourth-order valence-electron chi connectivity index (χ4n) is 3.69. The van der Waals surface area contributed by atoms with Crippen molar-refractivity contribution in [3.8, 4) is 23.0 Å². The standard InChI is InChI=1S/C23H26FN6O8P/c1-23(2)21(31)30(11-37-39(32)33)20-14(38-23)6-7-17(28-20)27-19-13(24)10-25-22(29-19)26-12-8-15(34-3)18(36-5)16(9-12)35-4/h6-10,37H,11H2,1-5H3,(H,32,33)(H2,25,26,27,28,29). The first kappa shape index (κ1) is 27.8. The number of benzene rings is 1. The molecule has 1 aliphatic rings. The normalized spacial score (nSPS) is 14.6. The van der Waals surface area contributed by atoms with Crippen LogP contribution in [-0.2, 0) is 9.36 Å². The number of rotatable bonds is 10. The van der Waals surface area contributed by atoms with Gasteiger partial charge in [-0.1, -0.05) is 0 Å². The van der Waals surface area contributed by atoms with Gasteiger partial charge in [-0.2, -0.15) is 4.98 Å². The average Bonchev–Trinajstić information content (AvgIpc) is 2.90. The third-order valence-corrected chi connectivity index (χ3v) is 5.83. The maximum absolute atomic E-state index is 14.7. The van der Waals surface area contributed by atoms with Crippen LogP contribution in [0.1, 0.15) is 13.8 Å². The molecule has 1 amide bonds. The van der Waals surface area contributed by atoms with Gasteiger partial charge in [-0.05, 0) is 26.0 Å². The van der Waals surface area contributed by atoms with E-state index in [2.05, 4.69) is 30.1 Å². The quantitative estimate of drug-likeness (QED) is 0.243. The van der Waals surface area contributed by atoms with E-state index < -0.39 is 32.3 Å². The average molecular weight is 564 g/mol. The second-order valence-electron chi connectivity index (χ2n) is 8.45. The molecule has 208 valence electrons. The number of aromatic nitrogens is 3. The van der Waals surface area contributed by atoms with Crippen molar-refractivity contribution >= 4 is 43.3 Å². The number of halogens is 1. The smallest absolute Gasteiger partial charge is 0.301 e. The third-order valence-electron chi connectivity index (χ3n) is 5.46. The van der Waals surface area contributed by atoms with Crippen LogP contribution in [-0.4, -0.2) is 63.9 Å². The van der Waals surface area contributed by atoms with E-state index in [9.17, 15) is 13.8 Å². The van der Waals surface area contributed by atoms with Crippen molar-refractivity contribution in [2.75, 3.05) is 43.6 Å². The number of anilines is 5. The molecule has 39 heavy (non-hydrogen) atoms. The molecule has 1 unspecified atom stereocenters. The Hall–Kier alpha value is -4.20. The van der Waals surface area contributed by atoms with Gasteiger partial charge in [-0.25, -0.2) is 19.3 Å². The second-order valence-corrected chi connectivity index (χ2v) is 9.24. The molecule has 2 aromatic heterocycles. The van der Waals surface area contributed by atoms with Crippen LogP contribution in [0.4, 0.5) is 33.5 Å². The fourth-order valence-corrected chi connectivity index (χ4v) is 3.92. The molecule has 14 nitrogen and oxygen atoms in total. The zero-order chi connectivity index (χ0) is 28.3. The van der Waals surface area contributed by atoms with Gasteiger partial charge < -0.3 is 43.6 Å². The molecule has 0 aliphatic carbocycles. The molecule has 0 spiro atoms. The predicted molar refractivity (Wildman–Crippen MR) is 138 cm³/mol. The van der Waals surface area contributed by atoms with Crippen LogP contribution in [0.15, 0.2) is 30.5 Å². The number of amides is 1. The Morgan fingerprint density at radius 2 is 1.82 bits per heavy atom. The zero-order valence-corrected chi connectivity index (χ0v) is 22.4. The number of ether oxygens (including phenoxy) is 4. The van der Waals surface area contributed by atoms with E-state index in [1.807, 2.05) is 0 Å². The first-order valence-electron chi connectivity index (χ1n) is 11.3. The van der Waals surface area contributed by atoms with Crippen molar-refractivity contribution in [1.82, 2.24) is 15.0 Å². The lowest BCUT2D eigenvalue weighted by Crippen LogP contribution is -2.53. The van der Waals surface area contributed by atoms with Crippen molar-refractivity contribution < 1.29 is 42.1 Å². The highest BCUT2D eigenvalue weighted by Crippen LogP contribution is 2.41. The van der Waals surface area contributed by atoms with Crippen molar-refractivity contribution in [2.45, 2.75) is 19.4 Å². The lowest BCUT2D eigenvalue weighted by molar-refractivity contribution is -0.134. The number of fused-ring (bicyclic) bond motifs is 1. The summed E-state index contributed by atoms with van der Waals surface area (Å²) in [6.45, 7) is 2.68. The number of nitrogens with zero attached hydrogens (tertiary/aromatic N) is 4. The highest BCUT2D eigenvalue weighted by molar-refractivity contribution is 7.31. The van der Waals surface area contributed by atoms with Gasteiger partial charge in [0.25, 0.3) is 5.91 Å². The van der Waals surface area contributed by atoms with Crippen LogP contribution >= 0.6 is 8.25 Å². The van der Waals surface area contributed by atoms with E-state index >= 15 is 0 Å². The molecule has 0 bridgehead atoms. The predicted octanol–water partition coefficient (Wildman–Crippen LogP) is 3.16. The fraction of sp³-hybridized carbons (Fsp3) is 0.304. The number of carbonyl (C=O) groups excluding carboxylic acids is 1. The Morgan fingerprint density at radius 1 is 1.13 bits per heavy atom. The van der Waals surface area contributed by atoms with Crippen molar-refractivity contribution in [2.24, 2.45) is 0 Å². The van der Waals surface area contributed by atoms with Gasteiger partial charge in [0.15, 0.2) is 40.3 Å². The van der Waals surface area contributed by atoms with E-state index in [0.717, 1.165) is 11.1 Å². The van der Waals surface area contributed by atoms with E-state index in [0.29, 0.717) is 22.9 Å². The van der Waals surface area contributed by atoms with Crippen LogP contribution in [0, 0.1) is 5.82 Å². The summed E-state index contributed by atoms with van der Waals surface area (Å²) in [7, 11) is 1.58. The number of pyridine rings is 1. The first-order valence-corrected chi connectivity index (χ1v) is 12.4. The van der Waals surface area contributed by atoms with Gasteiger partial charge in [0.05, 0.1) is 27.5 Å². The summed E-state index contributed by atoms with van der Waals surface area (Å²) in [6.07, 6.45) is 0.964. The summed E-state index contributed by atoms with van der Waals surface area (Å²) >= 11 is 0. The number of aliphatic hydroxyl groups is 1. The molecule has 1 aromatic carbocycles. The minimum atomic E-state index is -2.85. The molecule has 4 rings (SSSR count). The van der Waals surface area contributed by atoms with Gasteiger partial charge in [-0.3, -0.25) is 4.79 Å². The molecule has 16 heteroatoms. The number of hydrogen-bond acceptors (Lipinski definition) is 11. The Kier molecular flexibility index (Phi) is 8.04. The second kappa shape index (κ2) is 11.3. The molecule has 0 fully saturated rings. The van der Waals surface area contributed by atoms with Crippen LogP contribution in [0.3, 0.4) is 0 Å². The molecule has 3 heterocycles. The minimum Gasteiger partial charge on any atom is -0.507 e. The van der Waals surface area contributed by atoms with Crippen LogP contribution in [0.25, 0.3) is 0 Å². The minimum absolute atomic E-state index is 0.0372. The lowest BCUT2D eigenvalue weighted by atomic mass is 10.1. The van der Waals surface area contributed by atoms with Crippen molar-refractivity contribution in [3.63, 3.8) is 0 Å². The van der Waals surface area contributed by atoms with E-state index in [1.54, 1.807) is 26.0 Å². The van der Waals surface area contributed by atoms with E-state index in [1.165, 1.54) is 33.5 Å². The van der Waals surface area contributed by atoms with Crippen LogP contribution in [0.2, 0.25) is 0 Å². The summed E-state index contributed by atoms with van der Waals surface area (Å²) in [5.41, 5.74) is -0.777. The van der Waals surface area contributed by atoms with Crippen molar-refractivity contribution in [1.29, 1.82) is 0 Å². The zero-order valence-electron chi connectivity index (χ0n) is 21.6. The molecule has 3 aromatic rings. The van der Waals surface area contributed by atoms with Gasteiger partial charge in [0.2, 0.25) is 18.4 Å². The number of methoxy groups -OCH3 is 3. The molecule has 4 N–H and O–H groups in total. The maximum atomic E-state index is 14.7. The molecule has 0 saturated heterocycles. The molecule has 0 saturated carbocycles. The molecular formula is C23H26FN6O8P. The largest absolute Gasteiger partial charge is 0.507 e. The topological polar surface area (TPSA) is 170 Å². The first-order chi connectivity index (χ1) is 18.6. The van der Waals surface area contributed by atoms with E-state index in [4.69, 9.17) is 23.8 Å².